The van der Waals surface area contributed by atoms with Crippen molar-refractivity contribution in [3.05, 3.63) is 46.4 Å². The molecule has 2 aromatic heterocycles. The van der Waals surface area contributed by atoms with E-state index in [-0.39, 0.29) is 11.5 Å². The number of carbonyl (C=O) groups excluding carboxylic acids is 1. The smallest absolute Gasteiger partial charge is 0.335 e. The van der Waals surface area contributed by atoms with Gasteiger partial charge in [0, 0.05) is 12.6 Å². The van der Waals surface area contributed by atoms with Crippen molar-refractivity contribution in [3.8, 4) is 0 Å². The van der Waals surface area contributed by atoms with Crippen molar-refractivity contribution in [3.63, 3.8) is 0 Å². The van der Waals surface area contributed by atoms with Crippen molar-refractivity contribution in [2.45, 2.75) is 26.8 Å². The number of aromatic amines is 1. The summed E-state index contributed by atoms with van der Waals surface area (Å²) in [6.45, 7) is 4.97. The van der Waals surface area contributed by atoms with Gasteiger partial charge in [-0.1, -0.05) is 17.7 Å². The molecular formula is C16H16ClN5O3. The Morgan fingerprint density at radius 3 is 2.76 bits per heavy atom. The lowest BCUT2D eigenvalue weighted by atomic mass is 10.1. The van der Waals surface area contributed by atoms with Gasteiger partial charge in [0.2, 0.25) is 5.91 Å². The molecule has 2 heterocycles. The first-order valence-corrected chi connectivity index (χ1v) is 7.91. The summed E-state index contributed by atoms with van der Waals surface area (Å²) in [6, 6.07) is 5.70. The molecule has 3 rings (SSSR count). The molecular weight excluding hydrogens is 346 g/mol. The quantitative estimate of drug-likeness (QED) is 0.743. The Labute approximate surface area is 148 Å². The van der Waals surface area contributed by atoms with Crippen molar-refractivity contribution in [1.29, 1.82) is 0 Å². The number of hydrogen-bond acceptors (Lipinski definition) is 4. The first kappa shape index (κ1) is 17.0. The molecule has 1 amide bonds. The third-order valence-electron chi connectivity index (χ3n) is 3.95. The first-order chi connectivity index (χ1) is 11.8. The number of carboxylic acids is 1. The molecule has 0 aliphatic heterocycles. The number of aryl methyl sites for hydroxylation is 1. The third-order valence-corrected chi connectivity index (χ3v) is 4.40. The van der Waals surface area contributed by atoms with Crippen molar-refractivity contribution in [1.82, 2.24) is 19.8 Å². The summed E-state index contributed by atoms with van der Waals surface area (Å²) in [7, 11) is 0. The van der Waals surface area contributed by atoms with E-state index < -0.39 is 12.0 Å². The zero-order chi connectivity index (χ0) is 18.3. The molecule has 25 heavy (non-hydrogen) atoms. The molecule has 3 aromatic rings. The molecule has 0 radical (unpaired) electrons. The van der Waals surface area contributed by atoms with Gasteiger partial charge in [-0.05, 0) is 32.0 Å². The molecule has 0 aliphatic carbocycles. The molecule has 9 heteroatoms. The number of carbonyl (C=O) groups is 2. The molecule has 1 aromatic carbocycles. The number of rotatable bonds is 4. The first-order valence-electron chi connectivity index (χ1n) is 7.53. The van der Waals surface area contributed by atoms with Gasteiger partial charge in [0.1, 0.15) is 5.02 Å². The number of aromatic carboxylic acids is 1. The zero-order valence-corrected chi connectivity index (χ0v) is 14.6. The van der Waals surface area contributed by atoms with Crippen LogP contribution in [0, 0.1) is 6.92 Å². The Morgan fingerprint density at radius 2 is 2.12 bits per heavy atom. The van der Waals surface area contributed by atoms with E-state index in [4.69, 9.17) is 11.6 Å². The number of anilines is 1. The highest BCUT2D eigenvalue weighted by molar-refractivity contribution is 6.34. The topological polar surface area (TPSA) is 104 Å². The van der Waals surface area contributed by atoms with E-state index in [0.29, 0.717) is 27.9 Å². The highest BCUT2D eigenvalue weighted by Gasteiger charge is 2.26. The van der Waals surface area contributed by atoms with Crippen LogP contribution in [-0.4, -0.2) is 36.8 Å². The predicted octanol–water partition coefficient (Wildman–Crippen LogP) is 2.83. The normalized spacial score (nSPS) is 12.3. The largest absolute Gasteiger partial charge is 0.478 e. The minimum atomic E-state index is -1.06. The number of H-pyrrole nitrogens is 1. The number of hydrogen-bond donors (Lipinski definition) is 2. The summed E-state index contributed by atoms with van der Waals surface area (Å²) in [6.07, 6.45) is 0. The Morgan fingerprint density at radius 1 is 1.40 bits per heavy atom. The number of amides is 1. The Balaban J connectivity index is 2.08. The van der Waals surface area contributed by atoms with Crippen LogP contribution in [-0.2, 0) is 4.79 Å². The van der Waals surface area contributed by atoms with Crippen LogP contribution in [0.3, 0.4) is 0 Å². The van der Waals surface area contributed by atoms with E-state index in [2.05, 4.69) is 15.3 Å². The van der Waals surface area contributed by atoms with Gasteiger partial charge < -0.3 is 10.0 Å². The van der Waals surface area contributed by atoms with E-state index in [1.165, 1.54) is 24.0 Å². The summed E-state index contributed by atoms with van der Waals surface area (Å²) in [5.74, 6) is -0.822. The van der Waals surface area contributed by atoms with E-state index in [1.807, 2.05) is 0 Å². The van der Waals surface area contributed by atoms with Crippen LogP contribution in [0.2, 0.25) is 5.02 Å². The Hall–Kier alpha value is -2.87. The van der Waals surface area contributed by atoms with Gasteiger partial charge in [-0.25, -0.2) is 4.79 Å². The van der Waals surface area contributed by atoms with Gasteiger partial charge in [-0.3, -0.25) is 9.89 Å². The van der Waals surface area contributed by atoms with Crippen LogP contribution in [0.25, 0.3) is 5.65 Å². The molecule has 0 aliphatic rings. The number of fused-ring (bicyclic) bond motifs is 1. The highest BCUT2D eigenvalue weighted by Crippen LogP contribution is 2.29. The SMILES string of the molecule is CC(=O)N(c1cccc(C(=O)O)c1)C(C)c1n[nH]c2c(Cl)c(C)nn12. The van der Waals surface area contributed by atoms with E-state index in [9.17, 15) is 14.7 Å². The molecule has 0 bridgehead atoms. The molecule has 0 saturated carbocycles. The molecule has 1 unspecified atom stereocenters. The second-order valence-electron chi connectivity index (χ2n) is 5.66. The lowest BCUT2D eigenvalue weighted by molar-refractivity contribution is -0.117. The van der Waals surface area contributed by atoms with Gasteiger partial charge in [0.05, 0.1) is 17.3 Å². The fourth-order valence-electron chi connectivity index (χ4n) is 2.78. The van der Waals surface area contributed by atoms with Crippen LogP contribution in [0.1, 0.15) is 41.8 Å². The fourth-order valence-corrected chi connectivity index (χ4v) is 2.94. The molecule has 0 fully saturated rings. The van der Waals surface area contributed by atoms with Crippen LogP contribution < -0.4 is 4.90 Å². The average molecular weight is 362 g/mol. The lowest BCUT2D eigenvalue weighted by Gasteiger charge is -2.27. The Kier molecular flexibility index (Phi) is 4.22. The summed E-state index contributed by atoms with van der Waals surface area (Å²) in [5, 5.41) is 21.0. The molecule has 0 saturated heterocycles. The van der Waals surface area contributed by atoms with Gasteiger partial charge in [-0.15, -0.1) is 0 Å². The lowest BCUT2D eigenvalue weighted by Crippen LogP contribution is -2.32. The monoisotopic (exact) mass is 361 g/mol. The van der Waals surface area contributed by atoms with E-state index in [1.54, 1.807) is 30.5 Å². The number of benzene rings is 1. The second-order valence-corrected chi connectivity index (χ2v) is 6.04. The third kappa shape index (κ3) is 2.85. The van der Waals surface area contributed by atoms with Crippen LogP contribution >= 0.6 is 11.6 Å². The molecule has 8 nitrogen and oxygen atoms in total. The fraction of sp³-hybridized carbons (Fsp3) is 0.250. The number of carboxylic acid groups (broad SMARTS) is 1. The highest BCUT2D eigenvalue weighted by atomic mass is 35.5. The minimum Gasteiger partial charge on any atom is -0.478 e. The predicted molar refractivity (Wildman–Crippen MR) is 92.1 cm³/mol. The van der Waals surface area contributed by atoms with Crippen molar-refractivity contribution >= 4 is 34.8 Å². The van der Waals surface area contributed by atoms with Gasteiger partial charge in [-0.2, -0.15) is 14.7 Å². The Bertz CT molecular complexity index is 977. The standard InChI is InChI=1S/C16H16ClN5O3/c1-8-13(17)15-19-18-14(22(15)20-8)9(2)21(10(3)23)12-6-4-5-11(7-12)16(24)25/h4-7,9,19H,1-3H3,(H,24,25). The summed E-state index contributed by atoms with van der Waals surface area (Å²) in [4.78, 5) is 24.9. The number of nitrogens with one attached hydrogen (secondary N) is 1. The van der Waals surface area contributed by atoms with E-state index in [0.717, 1.165) is 0 Å². The van der Waals surface area contributed by atoms with Gasteiger partial charge >= 0.3 is 5.97 Å². The zero-order valence-electron chi connectivity index (χ0n) is 13.8. The van der Waals surface area contributed by atoms with Crippen LogP contribution in [0.15, 0.2) is 24.3 Å². The molecule has 130 valence electrons. The summed E-state index contributed by atoms with van der Waals surface area (Å²) in [5.41, 5.74) is 1.75. The van der Waals surface area contributed by atoms with Crippen molar-refractivity contribution in [2.75, 3.05) is 4.90 Å². The van der Waals surface area contributed by atoms with Crippen molar-refractivity contribution in [2.24, 2.45) is 0 Å². The van der Waals surface area contributed by atoms with Gasteiger partial charge in [0.25, 0.3) is 0 Å². The van der Waals surface area contributed by atoms with E-state index >= 15 is 0 Å². The minimum absolute atomic E-state index is 0.0982. The summed E-state index contributed by atoms with van der Waals surface area (Å²) >= 11 is 6.17. The maximum Gasteiger partial charge on any atom is 0.335 e. The maximum absolute atomic E-state index is 12.3. The summed E-state index contributed by atoms with van der Waals surface area (Å²) < 4.78 is 1.55. The van der Waals surface area contributed by atoms with Crippen LogP contribution in [0.5, 0.6) is 0 Å². The maximum atomic E-state index is 12.3. The molecule has 1 atom stereocenters. The van der Waals surface area contributed by atoms with Crippen LogP contribution in [0.4, 0.5) is 5.69 Å². The number of halogens is 1. The average Bonchev–Trinajstić information content (AvgIpc) is 3.08. The number of aromatic nitrogens is 4. The van der Waals surface area contributed by atoms with Gasteiger partial charge in [0.15, 0.2) is 11.5 Å². The number of nitrogens with zero attached hydrogens (tertiary/aromatic N) is 4. The van der Waals surface area contributed by atoms with Crippen molar-refractivity contribution < 1.29 is 14.7 Å². The second kappa shape index (κ2) is 6.21. The molecule has 2 N–H and O–H groups in total. The molecule has 0 spiro atoms.